The van der Waals surface area contributed by atoms with Gasteiger partial charge in [0.15, 0.2) is 0 Å². The van der Waals surface area contributed by atoms with Crippen molar-refractivity contribution < 1.29 is 9.63 Å². The number of hydrogen-bond donors (Lipinski definition) is 1. The maximum atomic E-state index is 11.2. The van der Waals surface area contributed by atoms with Gasteiger partial charge in [0.05, 0.1) is 6.61 Å². The van der Waals surface area contributed by atoms with Gasteiger partial charge in [0.1, 0.15) is 0 Å². The number of nitrogens with one attached hydrogen (secondary N) is 1. The van der Waals surface area contributed by atoms with Gasteiger partial charge in [0.25, 0.3) is 0 Å². The molecule has 0 bridgehead atoms. The number of rotatable bonds is 6. The van der Waals surface area contributed by atoms with Crippen molar-refractivity contribution in [1.82, 2.24) is 10.5 Å². The van der Waals surface area contributed by atoms with E-state index in [-0.39, 0.29) is 11.8 Å². The monoisotopic (exact) mass is 220 g/mol. The van der Waals surface area contributed by atoms with E-state index in [1.54, 1.807) is 6.20 Å². The fourth-order valence-corrected chi connectivity index (χ4v) is 1.42. The third-order valence-electron chi connectivity index (χ3n) is 2.53. The molecule has 4 nitrogen and oxygen atoms in total. The van der Waals surface area contributed by atoms with Crippen LogP contribution < -0.4 is 5.48 Å². The fraction of sp³-hybridized carbons (Fsp3) is 0.500. The Bertz CT molecular complexity index is 336. The van der Waals surface area contributed by atoms with E-state index in [1.807, 2.05) is 18.2 Å². The van der Waals surface area contributed by atoms with Gasteiger partial charge in [-0.2, -0.15) is 0 Å². The highest BCUT2D eigenvalue weighted by Gasteiger charge is 2.29. The van der Waals surface area contributed by atoms with Crippen molar-refractivity contribution in [3.05, 3.63) is 30.1 Å². The van der Waals surface area contributed by atoms with Crippen molar-refractivity contribution in [2.45, 2.75) is 25.7 Å². The minimum atomic E-state index is 0.0258. The summed E-state index contributed by atoms with van der Waals surface area (Å²) in [6, 6.07) is 5.86. The quantitative estimate of drug-likeness (QED) is 0.583. The highest BCUT2D eigenvalue weighted by molar-refractivity contribution is 5.79. The highest BCUT2D eigenvalue weighted by atomic mass is 16.6. The zero-order valence-corrected chi connectivity index (χ0v) is 9.19. The van der Waals surface area contributed by atoms with E-state index in [4.69, 9.17) is 4.84 Å². The van der Waals surface area contributed by atoms with E-state index in [0.717, 1.165) is 31.4 Å². The molecule has 4 heteroatoms. The van der Waals surface area contributed by atoms with Crippen molar-refractivity contribution >= 4 is 5.91 Å². The van der Waals surface area contributed by atoms with Crippen LogP contribution in [-0.4, -0.2) is 17.5 Å². The molecule has 1 heterocycles. The molecule has 1 N–H and O–H groups in total. The summed E-state index contributed by atoms with van der Waals surface area (Å²) in [6.45, 7) is 0.537. The average Bonchev–Trinajstić information content (AvgIpc) is 3.13. The van der Waals surface area contributed by atoms with Gasteiger partial charge < -0.3 is 0 Å². The molecular weight excluding hydrogens is 204 g/mol. The minimum absolute atomic E-state index is 0.0258. The predicted molar refractivity (Wildman–Crippen MR) is 59.4 cm³/mol. The second kappa shape index (κ2) is 5.61. The predicted octanol–water partition coefficient (Wildman–Crippen LogP) is 1.47. The molecule has 1 aromatic rings. The van der Waals surface area contributed by atoms with Crippen molar-refractivity contribution in [1.29, 1.82) is 0 Å². The van der Waals surface area contributed by atoms with Gasteiger partial charge in [-0.15, -0.1) is 0 Å². The lowest BCUT2D eigenvalue weighted by Crippen LogP contribution is -2.25. The topological polar surface area (TPSA) is 51.2 Å². The smallest absolute Gasteiger partial charge is 0.246 e. The van der Waals surface area contributed by atoms with Crippen molar-refractivity contribution in [2.75, 3.05) is 6.61 Å². The molecule has 0 aromatic carbocycles. The van der Waals surface area contributed by atoms with Gasteiger partial charge in [0, 0.05) is 17.8 Å². The molecule has 16 heavy (non-hydrogen) atoms. The van der Waals surface area contributed by atoms with Crippen LogP contribution in [0.4, 0.5) is 0 Å². The van der Waals surface area contributed by atoms with Crippen LogP contribution in [0.25, 0.3) is 0 Å². The number of hydroxylamine groups is 1. The molecule has 1 amide bonds. The molecule has 0 spiro atoms. The summed E-state index contributed by atoms with van der Waals surface area (Å²) in [5.74, 6) is 0.230. The number of aromatic nitrogens is 1. The summed E-state index contributed by atoms with van der Waals surface area (Å²) >= 11 is 0. The highest BCUT2D eigenvalue weighted by Crippen LogP contribution is 2.28. The molecule has 1 aliphatic rings. The lowest BCUT2D eigenvalue weighted by molar-refractivity contribution is -0.134. The first kappa shape index (κ1) is 11.1. The van der Waals surface area contributed by atoms with Gasteiger partial charge in [-0.1, -0.05) is 6.07 Å². The molecule has 0 saturated heterocycles. The molecule has 0 unspecified atom stereocenters. The van der Waals surface area contributed by atoms with Gasteiger partial charge in [-0.05, 0) is 37.8 Å². The van der Waals surface area contributed by atoms with Crippen LogP contribution in [0.15, 0.2) is 24.4 Å². The van der Waals surface area contributed by atoms with Crippen LogP contribution in [-0.2, 0) is 16.1 Å². The normalized spacial score (nSPS) is 14.8. The van der Waals surface area contributed by atoms with Crippen molar-refractivity contribution in [2.24, 2.45) is 5.92 Å². The fourth-order valence-electron chi connectivity index (χ4n) is 1.42. The SMILES string of the molecule is O=C(NOCCCc1ccccn1)C1CC1. The first-order valence-corrected chi connectivity index (χ1v) is 5.68. The van der Waals surface area contributed by atoms with Crippen LogP contribution in [0.3, 0.4) is 0 Å². The maximum absolute atomic E-state index is 11.2. The Balaban J connectivity index is 1.53. The lowest BCUT2D eigenvalue weighted by Gasteiger charge is -2.04. The van der Waals surface area contributed by atoms with E-state index in [1.165, 1.54) is 0 Å². The second-order valence-electron chi connectivity index (χ2n) is 4.01. The van der Waals surface area contributed by atoms with Gasteiger partial charge in [-0.3, -0.25) is 14.6 Å². The summed E-state index contributed by atoms with van der Waals surface area (Å²) in [5, 5.41) is 0. The molecule has 1 saturated carbocycles. The van der Waals surface area contributed by atoms with E-state index < -0.39 is 0 Å². The molecule has 0 atom stereocenters. The van der Waals surface area contributed by atoms with Gasteiger partial charge >= 0.3 is 0 Å². The van der Waals surface area contributed by atoms with E-state index in [9.17, 15) is 4.79 Å². The molecule has 86 valence electrons. The number of amides is 1. The summed E-state index contributed by atoms with van der Waals surface area (Å²) in [7, 11) is 0. The zero-order chi connectivity index (χ0) is 11.2. The summed E-state index contributed by atoms with van der Waals surface area (Å²) in [4.78, 5) is 20.5. The number of pyridine rings is 1. The average molecular weight is 220 g/mol. The zero-order valence-electron chi connectivity index (χ0n) is 9.19. The van der Waals surface area contributed by atoms with Crippen LogP contribution in [0, 0.1) is 5.92 Å². The Morgan fingerprint density at radius 1 is 1.50 bits per heavy atom. The summed E-state index contributed by atoms with van der Waals surface area (Å²) in [6.07, 6.45) is 5.53. The first-order chi connectivity index (χ1) is 7.86. The van der Waals surface area contributed by atoms with Crippen LogP contribution in [0.2, 0.25) is 0 Å². The number of hydrogen-bond acceptors (Lipinski definition) is 3. The van der Waals surface area contributed by atoms with Crippen LogP contribution in [0.1, 0.15) is 25.0 Å². The maximum Gasteiger partial charge on any atom is 0.246 e. The summed E-state index contributed by atoms with van der Waals surface area (Å²) < 4.78 is 0. The molecule has 1 aliphatic carbocycles. The van der Waals surface area contributed by atoms with E-state index >= 15 is 0 Å². The minimum Gasteiger partial charge on any atom is -0.274 e. The van der Waals surface area contributed by atoms with Crippen molar-refractivity contribution in [3.63, 3.8) is 0 Å². The Morgan fingerprint density at radius 2 is 2.38 bits per heavy atom. The molecule has 0 radical (unpaired) electrons. The van der Waals surface area contributed by atoms with Crippen molar-refractivity contribution in [3.8, 4) is 0 Å². The van der Waals surface area contributed by atoms with Gasteiger partial charge in [0.2, 0.25) is 5.91 Å². The number of carbonyl (C=O) groups excluding carboxylic acids is 1. The molecular formula is C12H16N2O2. The molecule has 2 rings (SSSR count). The van der Waals surface area contributed by atoms with Gasteiger partial charge in [-0.25, -0.2) is 5.48 Å². The number of aryl methyl sites for hydroxylation is 1. The third kappa shape index (κ3) is 3.62. The van der Waals surface area contributed by atoms with E-state index in [2.05, 4.69) is 10.5 Å². The Kier molecular flexibility index (Phi) is 3.88. The standard InChI is InChI=1S/C12H16N2O2/c15-12(10-6-7-10)14-16-9-3-5-11-4-1-2-8-13-11/h1-2,4,8,10H,3,5-7,9H2,(H,14,15). The van der Waals surface area contributed by atoms with E-state index in [0.29, 0.717) is 6.61 Å². The Morgan fingerprint density at radius 3 is 3.06 bits per heavy atom. The Labute approximate surface area is 95.0 Å². The van der Waals surface area contributed by atoms with Crippen LogP contribution >= 0.6 is 0 Å². The molecule has 1 fully saturated rings. The number of carbonyl (C=O) groups is 1. The largest absolute Gasteiger partial charge is 0.274 e. The molecule has 0 aliphatic heterocycles. The second-order valence-corrected chi connectivity index (χ2v) is 4.01. The molecule has 1 aromatic heterocycles. The first-order valence-electron chi connectivity index (χ1n) is 5.68. The third-order valence-corrected chi connectivity index (χ3v) is 2.53. The van der Waals surface area contributed by atoms with Crippen LogP contribution in [0.5, 0.6) is 0 Å². The number of nitrogens with zero attached hydrogens (tertiary/aromatic N) is 1. The lowest BCUT2D eigenvalue weighted by atomic mass is 10.2. The Hall–Kier alpha value is -1.42. The summed E-state index contributed by atoms with van der Waals surface area (Å²) in [5.41, 5.74) is 3.53.